The van der Waals surface area contributed by atoms with E-state index in [-0.39, 0.29) is 54.5 Å². The van der Waals surface area contributed by atoms with E-state index in [1.54, 1.807) is 25.1 Å². The van der Waals surface area contributed by atoms with E-state index in [1.165, 1.54) is 17.0 Å². The maximum Gasteiger partial charge on any atom is 0.430 e. The van der Waals surface area contributed by atoms with E-state index in [2.05, 4.69) is 0 Å². The smallest absolute Gasteiger partial charge is 0.430 e. The van der Waals surface area contributed by atoms with Crippen LogP contribution in [0.25, 0.3) is 0 Å². The number of likely N-dealkylation sites (tertiary alicyclic amines) is 1. The lowest BCUT2D eigenvalue weighted by molar-refractivity contribution is 0.0168. The topological polar surface area (TPSA) is 137 Å². The number of aryl methyl sites for hydroxylation is 2. The van der Waals surface area contributed by atoms with Gasteiger partial charge >= 0.3 is 12.7 Å². The third kappa shape index (κ3) is 3.67. The predicted molar refractivity (Wildman–Crippen MR) is 106 cm³/mol. The molecule has 0 spiro atoms. The second-order valence-corrected chi connectivity index (χ2v) is 7.70. The molecule has 1 saturated heterocycles. The number of hydrogen-bond donors (Lipinski definition) is 4. The van der Waals surface area contributed by atoms with Gasteiger partial charge in [0.05, 0.1) is 18.8 Å². The van der Waals surface area contributed by atoms with Gasteiger partial charge in [-0.2, -0.15) is 0 Å². The Kier molecular flexibility index (Phi) is 4.83. The van der Waals surface area contributed by atoms with Crippen LogP contribution in [-0.2, 0) is 6.42 Å². The summed E-state index contributed by atoms with van der Waals surface area (Å²) in [7, 11) is 0. The second kappa shape index (κ2) is 7.23. The number of aromatic hydroxyl groups is 1. The van der Waals surface area contributed by atoms with Gasteiger partial charge in [0.2, 0.25) is 0 Å². The van der Waals surface area contributed by atoms with E-state index in [0.29, 0.717) is 16.7 Å². The number of amides is 1. The molecule has 0 unspecified atom stereocenters. The van der Waals surface area contributed by atoms with E-state index in [1.807, 2.05) is 0 Å². The maximum atomic E-state index is 12.5. The maximum absolute atomic E-state index is 12.5. The molecule has 0 bridgehead atoms. The number of aromatic carboxylic acids is 1. The fourth-order valence-corrected chi connectivity index (χ4v) is 3.61. The van der Waals surface area contributed by atoms with E-state index >= 15 is 0 Å². The molecule has 1 fully saturated rings. The van der Waals surface area contributed by atoms with E-state index in [4.69, 9.17) is 9.39 Å². The van der Waals surface area contributed by atoms with Crippen molar-refractivity contribution in [2.45, 2.75) is 25.8 Å². The minimum Gasteiger partial charge on any atom is -0.669 e. The van der Waals surface area contributed by atoms with Gasteiger partial charge in [-0.25, -0.2) is 4.79 Å². The molecule has 2 aromatic rings. The minimum absolute atomic E-state index is 0.0134. The number of carbonyl (C=O) groups excluding carboxylic acids is 1. The molecule has 2 aliphatic heterocycles. The first-order chi connectivity index (χ1) is 14.1. The van der Waals surface area contributed by atoms with Crippen molar-refractivity contribution >= 4 is 18.6 Å². The van der Waals surface area contributed by atoms with Gasteiger partial charge in [-0.05, 0) is 42.7 Å². The Balaban J connectivity index is 1.48. The highest BCUT2D eigenvalue weighted by Crippen LogP contribution is 2.39. The van der Waals surface area contributed by atoms with Crippen molar-refractivity contribution in [3.05, 3.63) is 52.6 Å². The van der Waals surface area contributed by atoms with Gasteiger partial charge in [-0.1, -0.05) is 18.5 Å². The Bertz CT molecular complexity index is 1030. The standard InChI is InChI=1S/C20H21BNO8/c1-11-2-3-13(8-15(11)23)19(24)22-9-14(10-22)29-16-5-4-12-6-7-21(27,28)30-18(12)17(16)20(25)26/h2-5,8,14,23,27-28H,6-7,9-10H2,1H3,(H,25,26)/q-1. The lowest BCUT2D eigenvalue weighted by Gasteiger charge is -2.40. The molecule has 9 nitrogen and oxygen atoms in total. The Hall–Kier alpha value is -3.24. The number of rotatable bonds is 4. The van der Waals surface area contributed by atoms with Crippen LogP contribution < -0.4 is 9.39 Å². The van der Waals surface area contributed by atoms with Crippen molar-refractivity contribution in [3.8, 4) is 17.2 Å². The fraction of sp³-hybridized carbons (Fsp3) is 0.300. The van der Waals surface area contributed by atoms with Crippen LogP contribution in [0.5, 0.6) is 17.2 Å². The molecule has 1 amide bonds. The zero-order valence-electron chi connectivity index (χ0n) is 16.2. The Labute approximate surface area is 172 Å². The number of nitrogens with zero attached hydrogens (tertiary/aromatic N) is 1. The molecule has 10 heteroatoms. The van der Waals surface area contributed by atoms with Crippen molar-refractivity contribution in [1.29, 1.82) is 0 Å². The molecule has 2 aromatic carbocycles. The summed E-state index contributed by atoms with van der Waals surface area (Å²) >= 11 is 0. The van der Waals surface area contributed by atoms with Gasteiger partial charge in [0.1, 0.15) is 23.2 Å². The van der Waals surface area contributed by atoms with Gasteiger partial charge in [0, 0.05) is 5.56 Å². The molecule has 158 valence electrons. The van der Waals surface area contributed by atoms with Gasteiger partial charge in [0.25, 0.3) is 5.91 Å². The van der Waals surface area contributed by atoms with Crippen LogP contribution in [0, 0.1) is 6.92 Å². The average Bonchev–Trinajstić information content (AvgIpc) is 2.64. The van der Waals surface area contributed by atoms with Gasteiger partial charge in [0.15, 0.2) is 0 Å². The number of benzene rings is 2. The largest absolute Gasteiger partial charge is 0.669 e. The van der Waals surface area contributed by atoms with Crippen molar-refractivity contribution in [1.82, 2.24) is 4.90 Å². The van der Waals surface area contributed by atoms with Crippen LogP contribution in [0.2, 0.25) is 6.32 Å². The fourth-order valence-electron chi connectivity index (χ4n) is 3.61. The van der Waals surface area contributed by atoms with Crippen LogP contribution in [0.4, 0.5) is 0 Å². The van der Waals surface area contributed by atoms with Crippen LogP contribution in [0.3, 0.4) is 0 Å². The van der Waals surface area contributed by atoms with Crippen molar-refractivity contribution in [3.63, 3.8) is 0 Å². The number of phenols is 1. The highest BCUT2D eigenvalue weighted by Gasteiger charge is 2.36. The van der Waals surface area contributed by atoms with E-state index in [9.17, 15) is 29.9 Å². The number of carboxylic acids is 1. The summed E-state index contributed by atoms with van der Waals surface area (Å²) in [6, 6.07) is 7.86. The first-order valence-electron chi connectivity index (χ1n) is 9.58. The summed E-state index contributed by atoms with van der Waals surface area (Å²) < 4.78 is 10.9. The number of carbonyl (C=O) groups is 2. The molecule has 0 saturated carbocycles. The van der Waals surface area contributed by atoms with Crippen molar-refractivity contribution in [2.24, 2.45) is 0 Å². The molecule has 2 aliphatic rings. The van der Waals surface area contributed by atoms with Crippen LogP contribution in [-0.4, -0.2) is 63.0 Å². The predicted octanol–water partition coefficient (Wildman–Crippen LogP) is 1.16. The summed E-state index contributed by atoms with van der Waals surface area (Å²) in [6.45, 7) is -0.882. The second-order valence-electron chi connectivity index (χ2n) is 7.70. The minimum atomic E-state index is -3.11. The number of phenolic OH excluding ortho intramolecular Hbond substituents is 1. The summed E-state index contributed by atoms with van der Waals surface area (Å²) in [5.74, 6) is -1.58. The molecule has 0 radical (unpaired) electrons. The number of ether oxygens (including phenoxy) is 1. The highest BCUT2D eigenvalue weighted by molar-refractivity contribution is 6.59. The van der Waals surface area contributed by atoms with Gasteiger partial charge in [-0.15, -0.1) is 0 Å². The van der Waals surface area contributed by atoms with Crippen LogP contribution in [0.1, 0.15) is 31.8 Å². The van der Waals surface area contributed by atoms with Crippen LogP contribution >= 0.6 is 0 Å². The lowest BCUT2D eigenvalue weighted by Crippen LogP contribution is -2.56. The molecule has 2 heterocycles. The molecular formula is C20H21BNO8-. The zero-order chi connectivity index (χ0) is 21.6. The highest BCUT2D eigenvalue weighted by atomic mass is 16.6. The van der Waals surface area contributed by atoms with Crippen molar-refractivity contribution in [2.75, 3.05) is 13.1 Å². The Morgan fingerprint density at radius 3 is 2.60 bits per heavy atom. The number of fused-ring (bicyclic) bond motifs is 1. The first kappa shape index (κ1) is 20.1. The average molecular weight is 414 g/mol. The van der Waals surface area contributed by atoms with E-state index in [0.717, 1.165) is 0 Å². The monoisotopic (exact) mass is 414 g/mol. The molecule has 0 aromatic heterocycles. The lowest BCUT2D eigenvalue weighted by atomic mass is 9.70. The van der Waals surface area contributed by atoms with E-state index < -0.39 is 18.8 Å². The van der Waals surface area contributed by atoms with Gasteiger partial charge in [-0.3, -0.25) is 4.79 Å². The molecule has 0 atom stereocenters. The Morgan fingerprint density at radius 2 is 1.93 bits per heavy atom. The molecule has 30 heavy (non-hydrogen) atoms. The molecular weight excluding hydrogens is 393 g/mol. The number of hydrogen-bond acceptors (Lipinski definition) is 7. The molecule has 4 rings (SSSR count). The Morgan fingerprint density at radius 1 is 1.20 bits per heavy atom. The quantitative estimate of drug-likeness (QED) is 0.548. The third-order valence-corrected chi connectivity index (χ3v) is 5.40. The number of carboxylic acid groups (broad SMARTS) is 1. The van der Waals surface area contributed by atoms with Gasteiger partial charge < -0.3 is 34.6 Å². The summed E-state index contributed by atoms with van der Waals surface area (Å²) in [6.07, 6.45) is -0.162. The molecule has 4 N–H and O–H groups in total. The SMILES string of the molecule is Cc1ccc(C(=O)N2CC(Oc3ccc4c(c3C(=O)O)O[B-](O)(O)CC4)C2)cc1O. The molecule has 0 aliphatic carbocycles. The van der Waals surface area contributed by atoms with Crippen LogP contribution in [0.15, 0.2) is 30.3 Å². The zero-order valence-corrected chi connectivity index (χ0v) is 16.2. The summed E-state index contributed by atoms with van der Waals surface area (Å²) in [4.78, 5) is 25.9. The van der Waals surface area contributed by atoms with Crippen molar-refractivity contribution < 1.29 is 39.2 Å². The first-order valence-corrected chi connectivity index (χ1v) is 9.58. The summed E-state index contributed by atoms with van der Waals surface area (Å²) in [5, 5.41) is 39.0. The summed E-state index contributed by atoms with van der Waals surface area (Å²) in [5.41, 5.74) is 1.32. The normalized spacial score (nSPS) is 17.5. The third-order valence-electron chi connectivity index (χ3n) is 5.40.